The number of aliphatic hydroxyl groups is 1. The second kappa shape index (κ2) is 11.0. The van der Waals surface area contributed by atoms with E-state index < -0.39 is 17.7 Å². The lowest BCUT2D eigenvalue weighted by Gasteiger charge is -2.26. The molecule has 7 heteroatoms. The molecular weight excluding hydrogens is 480 g/mol. The fraction of sp³-hybridized carbons (Fsp3) is 0.290. The Hall–Kier alpha value is -4.26. The summed E-state index contributed by atoms with van der Waals surface area (Å²) < 4.78 is 11.2. The summed E-state index contributed by atoms with van der Waals surface area (Å²) in [5.41, 5.74) is 3.54. The van der Waals surface area contributed by atoms with Crippen LogP contribution in [0.4, 0.5) is 11.4 Å². The maximum absolute atomic E-state index is 13.5. The third-order valence-electron chi connectivity index (χ3n) is 6.70. The Balaban J connectivity index is 1.93. The Morgan fingerprint density at radius 1 is 1.03 bits per heavy atom. The molecule has 1 aliphatic rings. The molecule has 0 saturated carbocycles. The molecule has 1 unspecified atom stereocenters. The molecule has 7 nitrogen and oxygen atoms in total. The van der Waals surface area contributed by atoms with Gasteiger partial charge in [0.2, 0.25) is 0 Å². The summed E-state index contributed by atoms with van der Waals surface area (Å²) in [7, 11) is 5.46. The van der Waals surface area contributed by atoms with E-state index in [2.05, 4.69) is 0 Å². The molecule has 3 aromatic rings. The van der Waals surface area contributed by atoms with E-state index in [9.17, 15) is 14.7 Å². The van der Waals surface area contributed by atoms with E-state index in [0.717, 1.165) is 11.3 Å². The van der Waals surface area contributed by atoms with Gasteiger partial charge in [0.1, 0.15) is 17.3 Å². The first-order valence-electron chi connectivity index (χ1n) is 12.7. The van der Waals surface area contributed by atoms with E-state index in [1.54, 1.807) is 19.2 Å². The molecule has 0 radical (unpaired) electrons. The smallest absolute Gasteiger partial charge is 0.300 e. The van der Waals surface area contributed by atoms with Crippen molar-refractivity contribution >= 4 is 28.8 Å². The minimum absolute atomic E-state index is 0.0280. The summed E-state index contributed by atoms with van der Waals surface area (Å²) in [6, 6.07) is 19.1. The largest absolute Gasteiger partial charge is 0.507 e. The SMILES string of the molecule is CCOc1cccc(C2/C(=C(\O)c3ccc(OC)c(C(C)C)c3)C(=O)C(=O)N2c2ccc(N(C)C)cc2)c1. The van der Waals surface area contributed by atoms with Gasteiger partial charge < -0.3 is 19.5 Å². The van der Waals surface area contributed by atoms with Gasteiger partial charge in [-0.2, -0.15) is 0 Å². The molecule has 0 bridgehead atoms. The number of hydrogen-bond donors (Lipinski definition) is 1. The van der Waals surface area contributed by atoms with Crippen LogP contribution < -0.4 is 19.3 Å². The zero-order valence-electron chi connectivity index (χ0n) is 22.7. The highest BCUT2D eigenvalue weighted by Crippen LogP contribution is 2.43. The summed E-state index contributed by atoms with van der Waals surface area (Å²) in [5, 5.41) is 11.6. The van der Waals surface area contributed by atoms with Crippen molar-refractivity contribution < 1.29 is 24.2 Å². The zero-order valence-corrected chi connectivity index (χ0v) is 22.7. The Morgan fingerprint density at radius 2 is 1.74 bits per heavy atom. The van der Waals surface area contributed by atoms with Crippen molar-refractivity contribution in [3.8, 4) is 11.5 Å². The Bertz CT molecular complexity index is 1380. The van der Waals surface area contributed by atoms with E-state index in [4.69, 9.17) is 9.47 Å². The number of Topliss-reactive ketones (excluding diaryl/α,β-unsaturated/α-hetero) is 1. The van der Waals surface area contributed by atoms with Gasteiger partial charge in [-0.15, -0.1) is 0 Å². The van der Waals surface area contributed by atoms with Crippen molar-refractivity contribution in [2.24, 2.45) is 0 Å². The highest BCUT2D eigenvalue weighted by molar-refractivity contribution is 6.51. The van der Waals surface area contributed by atoms with Gasteiger partial charge in [-0.1, -0.05) is 26.0 Å². The molecule has 4 rings (SSSR count). The molecule has 1 atom stereocenters. The third-order valence-corrected chi connectivity index (χ3v) is 6.70. The van der Waals surface area contributed by atoms with E-state index in [1.807, 2.05) is 94.4 Å². The fourth-order valence-corrected chi connectivity index (χ4v) is 4.76. The van der Waals surface area contributed by atoms with Crippen molar-refractivity contribution in [3.63, 3.8) is 0 Å². The van der Waals surface area contributed by atoms with Crippen LogP contribution in [0, 0.1) is 0 Å². The number of ether oxygens (including phenoxy) is 2. The van der Waals surface area contributed by atoms with Crippen molar-refractivity contribution in [2.75, 3.05) is 37.6 Å². The summed E-state index contributed by atoms with van der Waals surface area (Å²) in [5.74, 6) is -0.244. The lowest BCUT2D eigenvalue weighted by atomic mass is 9.93. The number of rotatable bonds is 8. The van der Waals surface area contributed by atoms with E-state index in [1.165, 1.54) is 4.90 Å². The van der Waals surface area contributed by atoms with Crippen molar-refractivity contribution in [3.05, 3.63) is 89.0 Å². The second-order valence-electron chi connectivity index (χ2n) is 9.70. The van der Waals surface area contributed by atoms with Crippen LogP contribution in [-0.2, 0) is 9.59 Å². The number of hydrogen-bond acceptors (Lipinski definition) is 6. The number of amides is 1. The van der Waals surface area contributed by atoms with Crippen molar-refractivity contribution in [1.82, 2.24) is 0 Å². The number of methoxy groups -OCH3 is 1. The van der Waals surface area contributed by atoms with Crippen LogP contribution in [0.5, 0.6) is 11.5 Å². The quantitative estimate of drug-likeness (QED) is 0.229. The Morgan fingerprint density at radius 3 is 2.34 bits per heavy atom. The van der Waals surface area contributed by atoms with Gasteiger partial charge >= 0.3 is 0 Å². The first kappa shape index (κ1) is 26.8. The second-order valence-corrected chi connectivity index (χ2v) is 9.70. The number of anilines is 2. The normalized spacial score (nSPS) is 16.7. The van der Waals surface area contributed by atoms with Crippen LogP contribution in [0.1, 0.15) is 49.4 Å². The number of aliphatic hydroxyl groups excluding tert-OH is 1. The van der Waals surface area contributed by atoms with Crippen LogP contribution in [0.2, 0.25) is 0 Å². The molecule has 198 valence electrons. The van der Waals surface area contributed by atoms with Gasteiger partial charge in [0.15, 0.2) is 0 Å². The van der Waals surface area contributed by atoms with Crippen LogP contribution in [0.3, 0.4) is 0 Å². The molecule has 0 spiro atoms. The van der Waals surface area contributed by atoms with Gasteiger partial charge in [-0.05, 0) is 78.6 Å². The minimum atomic E-state index is -0.842. The summed E-state index contributed by atoms with van der Waals surface area (Å²) >= 11 is 0. The maximum atomic E-state index is 13.5. The molecule has 0 aliphatic carbocycles. The predicted molar refractivity (Wildman–Crippen MR) is 150 cm³/mol. The van der Waals surface area contributed by atoms with Crippen molar-refractivity contribution in [1.29, 1.82) is 0 Å². The molecule has 1 fully saturated rings. The minimum Gasteiger partial charge on any atom is -0.507 e. The number of nitrogens with zero attached hydrogens (tertiary/aromatic N) is 2. The highest BCUT2D eigenvalue weighted by atomic mass is 16.5. The third kappa shape index (κ3) is 4.96. The van der Waals surface area contributed by atoms with Crippen LogP contribution >= 0.6 is 0 Å². The van der Waals surface area contributed by atoms with Gasteiger partial charge in [-0.25, -0.2) is 0 Å². The highest BCUT2D eigenvalue weighted by Gasteiger charge is 2.47. The van der Waals surface area contributed by atoms with Gasteiger partial charge in [0, 0.05) is 31.0 Å². The molecule has 1 aliphatic heterocycles. The van der Waals surface area contributed by atoms with E-state index in [-0.39, 0.29) is 17.3 Å². The molecule has 1 heterocycles. The molecule has 0 aromatic heterocycles. The lowest BCUT2D eigenvalue weighted by Crippen LogP contribution is -2.29. The first-order chi connectivity index (χ1) is 18.2. The first-order valence-corrected chi connectivity index (χ1v) is 12.7. The number of carbonyl (C=O) groups excluding carboxylic acids is 2. The number of benzene rings is 3. The maximum Gasteiger partial charge on any atom is 0.300 e. The van der Waals surface area contributed by atoms with Gasteiger partial charge in [-0.3, -0.25) is 14.5 Å². The average molecular weight is 515 g/mol. The van der Waals surface area contributed by atoms with Crippen LogP contribution in [0.15, 0.2) is 72.3 Å². The molecule has 3 aromatic carbocycles. The lowest BCUT2D eigenvalue weighted by molar-refractivity contribution is -0.132. The monoisotopic (exact) mass is 514 g/mol. The molecule has 1 saturated heterocycles. The molecule has 1 amide bonds. The van der Waals surface area contributed by atoms with E-state index >= 15 is 0 Å². The van der Waals surface area contributed by atoms with Crippen LogP contribution in [0.25, 0.3) is 5.76 Å². The predicted octanol–water partition coefficient (Wildman–Crippen LogP) is 5.91. The van der Waals surface area contributed by atoms with Gasteiger partial charge in [0.05, 0.1) is 25.3 Å². The van der Waals surface area contributed by atoms with Crippen molar-refractivity contribution in [2.45, 2.75) is 32.7 Å². The topological polar surface area (TPSA) is 79.3 Å². The molecule has 1 N–H and O–H groups in total. The summed E-state index contributed by atoms with van der Waals surface area (Å²) in [4.78, 5) is 30.5. The summed E-state index contributed by atoms with van der Waals surface area (Å²) in [6.45, 7) is 6.41. The van der Waals surface area contributed by atoms with Gasteiger partial charge in [0.25, 0.3) is 11.7 Å². The standard InChI is InChI=1S/C31H34N2O5/c1-7-38-24-10-8-9-20(17-24)28-27(29(34)21-11-16-26(37-6)25(18-21)19(2)3)30(35)31(36)33(28)23-14-12-22(13-15-23)32(4)5/h8-19,28,34H,7H2,1-6H3/b29-27+. The number of carbonyl (C=O) groups is 2. The molecular formula is C31H34N2O5. The number of ketones is 1. The average Bonchev–Trinajstić information content (AvgIpc) is 3.18. The van der Waals surface area contributed by atoms with Crippen LogP contribution in [-0.4, -0.2) is 44.6 Å². The fourth-order valence-electron chi connectivity index (χ4n) is 4.76. The summed E-state index contributed by atoms with van der Waals surface area (Å²) in [6.07, 6.45) is 0. The van der Waals surface area contributed by atoms with E-state index in [0.29, 0.717) is 34.9 Å². The Labute approximate surface area is 223 Å². The Kier molecular flexibility index (Phi) is 7.76. The molecule has 38 heavy (non-hydrogen) atoms. The zero-order chi connectivity index (χ0) is 27.6.